The molecule has 0 bridgehead atoms. The number of amides is 1. The smallest absolute Gasteiger partial charge is 0.255 e. The fourth-order valence-electron chi connectivity index (χ4n) is 3.35. The predicted octanol–water partition coefficient (Wildman–Crippen LogP) is 4.04. The van der Waals surface area contributed by atoms with Crippen LogP contribution in [0.25, 0.3) is 0 Å². The number of nitrogens with one attached hydrogen (secondary N) is 1. The molecule has 2 aromatic rings. The van der Waals surface area contributed by atoms with E-state index >= 15 is 0 Å². The molecule has 1 aliphatic carbocycles. The van der Waals surface area contributed by atoms with Crippen LogP contribution in [0.4, 0.5) is 8.78 Å². The van der Waals surface area contributed by atoms with E-state index < -0.39 is 11.6 Å². The van der Waals surface area contributed by atoms with E-state index in [0.717, 1.165) is 30.9 Å². The van der Waals surface area contributed by atoms with E-state index in [1.807, 2.05) is 0 Å². The van der Waals surface area contributed by atoms with Crippen molar-refractivity contribution in [3.8, 4) is 5.75 Å². The van der Waals surface area contributed by atoms with Crippen molar-refractivity contribution in [3.63, 3.8) is 0 Å². The first-order valence-corrected chi connectivity index (χ1v) is 7.99. The normalized spacial score (nSPS) is 20.0. The molecule has 5 heteroatoms. The number of hydrogen-bond acceptors (Lipinski definition) is 2. The van der Waals surface area contributed by atoms with Gasteiger partial charge in [0.1, 0.15) is 5.75 Å². The average Bonchev–Trinajstić information content (AvgIpc) is 3.05. The summed E-state index contributed by atoms with van der Waals surface area (Å²) in [5.74, 6) is -1.43. The molecule has 1 fully saturated rings. The standard InChI is InChI=1S/C19H19F2NO2/c1-24-18-8-3-2-5-14(18)19(23)22-17-7-4-6-13(17)12-9-10-15(20)16(21)11-12/h2-3,5,8-11,13,17H,4,6-7H2,1H3,(H,22,23)/t13-,17-/m1/s1. The van der Waals surface area contributed by atoms with Crippen molar-refractivity contribution in [2.75, 3.05) is 7.11 Å². The van der Waals surface area contributed by atoms with Gasteiger partial charge in [-0.1, -0.05) is 24.6 Å². The number of carbonyl (C=O) groups is 1. The van der Waals surface area contributed by atoms with Gasteiger partial charge in [-0.15, -0.1) is 0 Å². The summed E-state index contributed by atoms with van der Waals surface area (Å²) >= 11 is 0. The SMILES string of the molecule is COc1ccccc1C(=O)N[C@@H]1CCC[C@@H]1c1ccc(F)c(F)c1. The highest BCUT2D eigenvalue weighted by molar-refractivity contribution is 5.97. The van der Waals surface area contributed by atoms with Crippen LogP contribution in [0.2, 0.25) is 0 Å². The van der Waals surface area contributed by atoms with Gasteiger partial charge in [-0.2, -0.15) is 0 Å². The highest BCUT2D eigenvalue weighted by Crippen LogP contribution is 2.35. The lowest BCUT2D eigenvalue weighted by Crippen LogP contribution is -2.36. The molecule has 0 unspecified atom stereocenters. The van der Waals surface area contributed by atoms with Gasteiger partial charge in [-0.25, -0.2) is 8.78 Å². The lowest BCUT2D eigenvalue weighted by atomic mass is 9.93. The van der Waals surface area contributed by atoms with Gasteiger partial charge in [0.2, 0.25) is 0 Å². The summed E-state index contributed by atoms with van der Waals surface area (Å²) in [6.07, 6.45) is 2.58. The van der Waals surface area contributed by atoms with Gasteiger partial charge in [0, 0.05) is 12.0 Å². The van der Waals surface area contributed by atoms with Crippen LogP contribution in [-0.4, -0.2) is 19.1 Å². The molecule has 3 rings (SSSR count). The molecule has 1 amide bonds. The number of halogens is 2. The van der Waals surface area contributed by atoms with Crippen LogP contribution in [0.15, 0.2) is 42.5 Å². The van der Waals surface area contributed by atoms with E-state index in [9.17, 15) is 13.6 Å². The first kappa shape index (κ1) is 16.4. The second-order valence-electron chi connectivity index (χ2n) is 5.99. The zero-order chi connectivity index (χ0) is 17.1. The Balaban J connectivity index is 1.78. The third-order valence-corrected chi connectivity index (χ3v) is 4.56. The van der Waals surface area contributed by atoms with Crippen LogP contribution >= 0.6 is 0 Å². The maximum Gasteiger partial charge on any atom is 0.255 e. The monoisotopic (exact) mass is 331 g/mol. The first-order valence-electron chi connectivity index (χ1n) is 7.99. The minimum atomic E-state index is -0.855. The van der Waals surface area contributed by atoms with Crippen LogP contribution in [0.5, 0.6) is 5.75 Å². The largest absolute Gasteiger partial charge is 0.496 e. The van der Waals surface area contributed by atoms with Gasteiger partial charge in [0.25, 0.3) is 5.91 Å². The van der Waals surface area contributed by atoms with Crippen molar-refractivity contribution >= 4 is 5.91 Å². The lowest BCUT2D eigenvalue weighted by molar-refractivity contribution is 0.0931. The van der Waals surface area contributed by atoms with E-state index in [1.54, 1.807) is 30.3 Å². The molecule has 0 saturated heterocycles. The van der Waals surface area contributed by atoms with E-state index in [2.05, 4.69) is 5.32 Å². The lowest BCUT2D eigenvalue weighted by Gasteiger charge is -2.22. The van der Waals surface area contributed by atoms with Crippen molar-refractivity contribution in [1.82, 2.24) is 5.32 Å². The molecule has 1 N–H and O–H groups in total. The minimum Gasteiger partial charge on any atom is -0.496 e. The molecule has 3 nitrogen and oxygen atoms in total. The van der Waals surface area contributed by atoms with Gasteiger partial charge < -0.3 is 10.1 Å². The van der Waals surface area contributed by atoms with E-state index in [-0.39, 0.29) is 17.9 Å². The van der Waals surface area contributed by atoms with Crippen LogP contribution in [0, 0.1) is 11.6 Å². The molecule has 0 aliphatic heterocycles. The molecule has 0 radical (unpaired) electrons. The summed E-state index contributed by atoms with van der Waals surface area (Å²) < 4.78 is 31.9. The van der Waals surface area contributed by atoms with Crippen LogP contribution in [0.1, 0.15) is 41.1 Å². The summed E-state index contributed by atoms with van der Waals surface area (Å²) in [5.41, 5.74) is 1.19. The molecule has 0 heterocycles. The second-order valence-corrected chi connectivity index (χ2v) is 5.99. The van der Waals surface area contributed by atoms with Gasteiger partial charge in [0.05, 0.1) is 12.7 Å². The Labute approximate surface area is 139 Å². The van der Waals surface area contributed by atoms with E-state index in [4.69, 9.17) is 4.74 Å². The fourth-order valence-corrected chi connectivity index (χ4v) is 3.35. The average molecular weight is 331 g/mol. The molecule has 126 valence electrons. The number of methoxy groups -OCH3 is 1. The summed E-state index contributed by atoms with van der Waals surface area (Å²) in [6, 6.07) is 10.9. The Bertz CT molecular complexity index is 748. The maximum absolute atomic E-state index is 13.5. The summed E-state index contributed by atoms with van der Waals surface area (Å²) in [6.45, 7) is 0. The van der Waals surface area contributed by atoms with Gasteiger partial charge in [0.15, 0.2) is 11.6 Å². The Morgan fingerprint density at radius 1 is 1.12 bits per heavy atom. The molecule has 1 aliphatic rings. The molecule has 0 aromatic heterocycles. The first-order chi connectivity index (χ1) is 11.6. The quantitative estimate of drug-likeness (QED) is 0.918. The van der Waals surface area contributed by atoms with Crippen LogP contribution < -0.4 is 10.1 Å². The fraction of sp³-hybridized carbons (Fsp3) is 0.316. The molecule has 24 heavy (non-hydrogen) atoms. The maximum atomic E-state index is 13.5. The number of hydrogen-bond donors (Lipinski definition) is 1. The number of benzene rings is 2. The Hall–Kier alpha value is -2.43. The summed E-state index contributed by atoms with van der Waals surface area (Å²) in [7, 11) is 1.52. The molecule has 2 atom stereocenters. The van der Waals surface area contributed by atoms with Gasteiger partial charge >= 0.3 is 0 Å². The summed E-state index contributed by atoms with van der Waals surface area (Å²) in [5, 5.41) is 3.02. The summed E-state index contributed by atoms with van der Waals surface area (Å²) in [4.78, 5) is 12.6. The third-order valence-electron chi connectivity index (χ3n) is 4.56. The third kappa shape index (κ3) is 3.25. The zero-order valence-corrected chi connectivity index (χ0v) is 13.4. The molecular formula is C19H19F2NO2. The number of rotatable bonds is 4. The topological polar surface area (TPSA) is 38.3 Å². The highest BCUT2D eigenvalue weighted by Gasteiger charge is 2.31. The number of para-hydroxylation sites is 1. The van der Waals surface area contributed by atoms with Crippen LogP contribution in [-0.2, 0) is 0 Å². The molecule has 1 saturated carbocycles. The number of ether oxygens (including phenoxy) is 1. The van der Waals surface area contributed by atoms with Gasteiger partial charge in [-0.3, -0.25) is 4.79 Å². The Kier molecular flexibility index (Phi) is 4.79. The number of carbonyl (C=O) groups excluding carboxylic acids is 1. The van der Waals surface area contributed by atoms with E-state index in [1.165, 1.54) is 13.2 Å². The van der Waals surface area contributed by atoms with Crippen molar-refractivity contribution in [3.05, 3.63) is 65.2 Å². The Morgan fingerprint density at radius 2 is 1.92 bits per heavy atom. The molecular weight excluding hydrogens is 312 g/mol. The van der Waals surface area contributed by atoms with E-state index in [0.29, 0.717) is 11.3 Å². The highest BCUT2D eigenvalue weighted by atomic mass is 19.2. The Morgan fingerprint density at radius 3 is 2.67 bits per heavy atom. The predicted molar refractivity (Wildman–Crippen MR) is 87.2 cm³/mol. The second kappa shape index (κ2) is 6.99. The van der Waals surface area contributed by atoms with Crippen molar-refractivity contribution < 1.29 is 18.3 Å². The van der Waals surface area contributed by atoms with Crippen LogP contribution in [0.3, 0.4) is 0 Å². The van der Waals surface area contributed by atoms with Crippen molar-refractivity contribution in [1.29, 1.82) is 0 Å². The van der Waals surface area contributed by atoms with Gasteiger partial charge in [-0.05, 0) is 42.7 Å². The molecule has 0 spiro atoms. The van der Waals surface area contributed by atoms with Crippen molar-refractivity contribution in [2.45, 2.75) is 31.2 Å². The zero-order valence-electron chi connectivity index (χ0n) is 13.4. The van der Waals surface area contributed by atoms with Crippen molar-refractivity contribution in [2.24, 2.45) is 0 Å². The minimum absolute atomic E-state index is 0.0150. The molecule has 2 aromatic carbocycles.